The summed E-state index contributed by atoms with van der Waals surface area (Å²) in [5, 5.41) is 14.0. The van der Waals surface area contributed by atoms with Crippen LogP contribution in [0, 0.1) is 5.92 Å². The number of nitrogens with zero attached hydrogens (tertiary/aromatic N) is 4. The van der Waals surface area contributed by atoms with Gasteiger partial charge in [-0.3, -0.25) is 14.2 Å². The maximum absolute atomic E-state index is 12.5. The van der Waals surface area contributed by atoms with E-state index in [-0.39, 0.29) is 36.0 Å². The van der Waals surface area contributed by atoms with E-state index in [9.17, 15) is 13.6 Å². The highest BCUT2D eigenvalue weighted by molar-refractivity contribution is 5.92. The summed E-state index contributed by atoms with van der Waals surface area (Å²) in [5.41, 5.74) is 1.00. The number of nitrogens with one attached hydrogen (secondary N) is 2. The molecule has 1 saturated heterocycles. The minimum absolute atomic E-state index is 0. The van der Waals surface area contributed by atoms with Crippen LogP contribution in [0.1, 0.15) is 11.5 Å². The van der Waals surface area contributed by atoms with Crippen molar-refractivity contribution in [2.45, 2.75) is 18.9 Å². The molecule has 0 unspecified atom stereocenters. The Hall–Kier alpha value is -2.00. The Morgan fingerprint density at radius 3 is 2.96 bits per heavy atom. The molecule has 10 heteroatoms. The molecule has 2 atom stereocenters. The number of alkyl halides is 2. The lowest BCUT2D eigenvalue weighted by molar-refractivity contribution is -0.119. The minimum atomic E-state index is -2.48. The van der Waals surface area contributed by atoms with Crippen molar-refractivity contribution < 1.29 is 13.6 Å². The third-order valence-electron chi connectivity index (χ3n) is 3.92. The molecular formula is C14H19ClF2N6O. The van der Waals surface area contributed by atoms with Crippen LogP contribution < -0.4 is 10.6 Å². The van der Waals surface area contributed by atoms with Crippen LogP contribution in [0.3, 0.4) is 0 Å². The first kappa shape index (κ1) is 18.3. The summed E-state index contributed by atoms with van der Waals surface area (Å²) in [6, 6.07) is 1.52. The molecule has 1 aliphatic rings. The lowest BCUT2D eigenvalue weighted by Crippen LogP contribution is -2.28. The maximum Gasteiger partial charge on any atom is 0.257 e. The van der Waals surface area contributed by atoms with Crippen molar-refractivity contribution >= 4 is 24.1 Å². The molecule has 2 N–H and O–H groups in total. The van der Waals surface area contributed by atoms with E-state index in [1.54, 1.807) is 10.9 Å². The fourth-order valence-electron chi connectivity index (χ4n) is 2.83. The molecule has 0 bridgehead atoms. The van der Waals surface area contributed by atoms with E-state index in [1.165, 1.54) is 12.3 Å². The highest BCUT2D eigenvalue weighted by atomic mass is 35.5. The second-order valence-corrected chi connectivity index (χ2v) is 5.62. The Labute approximate surface area is 143 Å². The Morgan fingerprint density at radius 1 is 1.50 bits per heavy atom. The standard InChI is InChI=1S/C14H18F2N6O.ClH/c1-21-7-9(4-18-21)10-5-17-6-11(10)14(23)19-13-2-3-22(20-13)8-12(15)16;/h2-4,7,10-12,17H,5-6,8H2,1H3,(H,19,20,23);1H/t10-,11+;/m1./s1. The minimum Gasteiger partial charge on any atom is -0.315 e. The number of halogens is 3. The van der Waals surface area contributed by atoms with E-state index in [1.807, 2.05) is 13.2 Å². The van der Waals surface area contributed by atoms with Crippen LogP contribution >= 0.6 is 12.4 Å². The summed E-state index contributed by atoms with van der Waals surface area (Å²) >= 11 is 0. The van der Waals surface area contributed by atoms with Crippen LogP contribution in [0.5, 0.6) is 0 Å². The van der Waals surface area contributed by atoms with Gasteiger partial charge in [-0.05, 0) is 5.56 Å². The van der Waals surface area contributed by atoms with Gasteiger partial charge in [0, 0.05) is 44.5 Å². The molecule has 0 aromatic carbocycles. The van der Waals surface area contributed by atoms with E-state index in [0.717, 1.165) is 10.2 Å². The van der Waals surface area contributed by atoms with Gasteiger partial charge in [0.2, 0.25) is 5.91 Å². The number of aromatic nitrogens is 4. The summed E-state index contributed by atoms with van der Waals surface area (Å²) < 4.78 is 27.4. The van der Waals surface area contributed by atoms with Gasteiger partial charge in [0.25, 0.3) is 6.43 Å². The molecule has 0 saturated carbocycles. The second kappa shape index (κ2) is 7.71. The number of amides is 1. The smallest absolute Gasteiger partial charge is 0.257 e. The molecule has 1 amide bonds. The summed E-state index contributed by atoms with van der Waals surface area (Å²) in [5.74, 6) is -0.107. The van der Waals surface area contributed by atoms with Gasteiger partial charge in [-0.25, -0.2) is 8.78 Å². The molecule has 7 nitrogen and oxygen atoms in total. The highest BCUT2D eigenvalue weighted by Crippen LogP contribution is 2.28. The molecule has 0 aliphatic carbocycles. The molecular weight excluding hydrogens is 342 g/mol. The fraction of sp³-hybridized carbons (Fsp3) is 0.500. The number of hydrogen-bond donors (Lipinski definition) is 2. The number of anilines is 1. The Balaban J connectivity index is 0.00000208. The molecule has 3 rings (SSSR count). The average Bonchev–Trinajstić information content (AvgIpc) is 3.18. The van der Waals surface area contributed by atoms with Crippen LogP contribution in [0.2, 0.25) is 0 Å². The number of hydrogen-bond acceptors (Lipinski definition) is 4. The number of aryl methyl sites for hydroxylation is 1. The first-order chi connectivity index (χ1) is 11.0. The number of carbonyl (C=O) groups is 1. The van der Waals surface area contributed by atoms with Crippen LogP contribution in [0.25, 0.3) is 0 Å². The van der Waals surface area contributed by atoms with Crippen molar-refractivity contribution in [2.75, 3.05) is 18.4 Å². The van der Waals surface area contributed by atoms with Crippen LogP contribution in [0.4, 0.5) is 14.6 Å². The molecule has 0 radical (unpaired) electrons. The molecule has 2 aromatic heterocycles. The van der Waals surface area contributed by atoms with Crippen LogP contribution in [-0.2, 0) is 18.4 Å². The molecule has 1 aliphatic heterocycles. The predicted molar refractivity (Wildman–Crippen MR) is 86.4 cm³/mol. The zero-order chi connectivity index (χ0) is 16.4. The molecule has 1 fully saturated rings. The monoisotopic (exact) mass is 360 g/mol. The van der Waals surface area contributed by atoms with Gasteiger partial charge >= 0.3 is 0 Å². The molecule has 0 spiro atoms. The van der Waals surface area contributed by atoms with Gasteiger partial charge < -0.3 is 10.6 Å². The van der Waals surface area contributed by atoms with Crippen molar-refractivity contribution in [3.05, 3.63) is 30.2 Å². The first-order valence-electron chi connectivity index (χ1n) is 7.34. The predicted octanol–water partition coefficient (Wildman–Crippen LogP) is 1.25. The van der Waals surface area contributed by atoms with Crippen molar-refractivity contribution in [1.29, 1.82) is 0 Å². The lowest BCUT2D eigenvalue weighted by atomic mass is 9.90. The molecule has 3 heterocycles. The zero-order valence-corrected chi connectivity index (χ0v) is 13.8. The summed E-state index contributed by atoms with van der Waals surface area (Å²) in [7, 11) is 1.83. The zero-order valence-electron chi connectivity index (χ0n) is 13.0. The Kier molecular flexibility index (Phi) is 5.89. The Bertz CT molecular complexity index is 688. The Morgan fingerprint density at radius 2 is 2.29 bits per heavy atom. The van der Waals surface area contributed by atoms with Gasteiger partial charge in [-0.1, -0.05) is 0 Å². The number of carbonyl (C=O) groups excluding carboxylic acids is 1. The topological polar surface area (TPSA) is 76.8 Å². The van der Waals surface area contributed by atoms with E-state index in [2.05, 4.69) is 20.8 Å². The van der Waals surface area contributed by atoms with Crippen molar-refractivity contribution in [2.24, 2.45) is 13.0 Å². The molecule has 2 aromatic rings. The van der Waals surface area contributed by atoms with Gasteiger partial charge in [0.15, 0.2) is 5.82 Å². The third kappa shape index (κ3) is 4.09. The van der Waals surface area contributed by atoms with Crippen molar-refractivity contribution in [1.82, 2.24) is 24.9 Å². The highest BCUT2D eigenvalue weighted by Gasteiger charge is 2.34. The second-order valence-electron chi connectivity index (χ2n) is 5.62. The van der Waals surface area contributed by atoms with E-state index in [0.29, 0.717) is 13.1 Å². The van der Waals surface area contributed by atoms with E-state index < -0.39 is 13.0 Å². The third-order valence-corrected chi connectivity index (χ3v) is 3.92. The quantitative estimate of drug-likeness (QED) is 0.841. The fourth-order valence-corrected chi connectivity index (χ4v) is 2.83. The van der Waals surface area contributed by atoms with E-state index in [4.69, 9.17) is 0 Å². The molecule has 132 valence electrons. The van der Waals surface area contributed by atoms with Crippen molar-refractivity contribution in [3.63, 3.8) is 0 Å². The molecule has 24 heavy (non-hydrogen) atoms. The van der Waals surface area contributed by atoms with E-state index >= 15 is 0 Å². The summed E-state index contributed by atoms with van der Waals surface area (Å²) in [6.07, 6.45) is 2.60. The van der Waals surface area contributed by atoms with Gasteiger partial charge in [0.1, 0.15) is 6.54 Å². The van der Waals surface area contributed by atoms with Crippen LogP contribution in [0.15, 0.2) is 24.7 Å². The SMILES string of the molecule is Cl.Cn1cc([C@H]2CNC[C@@H]2C(=O)Nc2ccn(CC(F)F)n2)cn1. The van der Waals surface area contributed by atoms with Crippen LogP contribution in [-0.4, -0.2) is 45.0 Å². The summed E-state index contributed by atoms with van der Waals surface area (Å²) in [4.78, 5) is 12.5. The maximum atomic E-state index is 12.5. The average molecular weight is 361 g/mol. The van der Waals surface area contributed by atoms with Crippen molar-refractivity contribution in [3.8, 4) is 0 Å². The normalized spacial score (nSPS) is 20.2. The first-order valence-corrected chi connectivity index (χ1v) is 7.34. The van der Waals surface area contributed by atoms with Gasteiger partial charge in [-0.15, -0.1) is 12.4 Å². The number of rotatable bonds is 5. The lowest BCUT2D eigenvalue weighted by Gasteiger charge is -2.16. The summed E-state index contributed by atoms with van der Waals surface area (Å²) in [6.45, 7) is 0.770. The van der Waals surface area contributed by atoms with Gasteiger partial charge in [0.05, 0.1) is 12.1 Å². The van der Waals surface area contributed by atoms with Gasteiger partial charge in [-0.2, -0.15) is 10.2 Å². The largest absolute Gasteiger partial charge is 0.315 e.